The summed E-state index contributed by atoms with van der Waals surface area (Å²) in [5, 5.41) is 2.91. The summed E-state index contributed by atoms with van der Waals surface area (Å²) < 4.78 is 16.0. The fourth-order valence-corrected chi connectivity index (χ4v) is 2.85. The Morgan fingerprint density at radius 1 is 0.929 bits per heavy atom. The highest BCUT2D eigenvalue weighted by Gasteiger charge is 2.14. The van der Waals surface area contributed by atoms with Crippen molar-refractivity contribution in [3.8, 4) is 28.5 Å². The Kier molecular flexibility index (Phi) is 6.11. The highest BCUT2D eigenvalue weighted by atomic mass is 16.5. The number of nitrogens with zero attached hydrogens (tertiary/aromatic N) is 1. The van der Waals surface area contributed by atoms with Gasteiger partial charge in [-0.25, -0.2) is 0 Å². The van der Waals surface area contributed by atoms with Crippen LogP contribution in [0.15, 0.2) is 60.8 Å². The Morgan fingerprint density at radius 3 is 2.14 bits per heavy atom. The van der Waals surface area contributed by atoms with Gasteiger partial charge in [-0.2, -0.15) is 0 Å². The van der Waals surface area contributed by atoms with Crippen molar-refractivity contribution in [2.45, 2.75) is 6.54 Å². The molecule has 0 spiro atoms. The van der Waals surface area contributed by atoms with Gasteiger partial charge in [0.05, 0.1) is 27.0 Å². The van der Waals surface area contributed by atoms with Crippen molar-refractivity contribution in [1.29, 1.82) is 0 Å². The lowest BCUT2D eigenvalue weighted by Crippen LogP contribution is -2.22. The fourth-order valence-electron chi connectivity index (χ4n) is 2.85. The Bertz CT molecular complexity index is 916. The van der Waals surface area contributed by atoms with Crippen LogP contribution in [-0.2, 0) is 6.54 Å². The van der Waals surface area contributed by atoms with E-state index in [0.717, 1.165) is 16.8 Å². The van der Waals surface area contributed by atoms with Gasteiger partial charge in [0, 0.05) is 23.9 Å². The minimum absolute atomic E-state index is 0.165. The Labute approximate surface area is 164 Å². The first-order chi connectivity index (χ1) is 13.7. The summed E-state index contributed by atoms with van der Waals surface area (Å²) in [6, 6.07) is 16.7. The highest BCUT2D eigenvalue weighted by molar-refractivity contribution is 5.94. The van der Waals surface area contributed by atoms with Crippen LogP contribution in [0.2, 0.25) is 0 Å². The quantitative estimate of drug-likeness (QED) is 0.679. The third-order valence-electron chi connectivity index (χ3n) is 4.29. The van der Waals surface area contributed by atoms with Crippen LogP contribution >= 0.6 is 0 Å². The van der Waals surface area contributed by atoms with E-state index in [1.54, 1.807) is 39.7 Å². The van der Waals surface area contributed by atoms with Gasteiger partial charge in [0.2, 0.25) is 5.75 Å². The van der Waals surface area contributed by atoms with Gasteiger partial charge in [-0.3, -0.25) is 9.78 Å². The number of carbonyl (C=O) groups is 1. The molecule has 1 heterocycles. The number of hydrogen-bond donors (Lipinski definition) is 1. The van der Waals surface area contributed by atoms with Crippen LogP contribution in [0.3, 0.4) is 0 Å². The summed E-state index contributed by atoms with van der Waals surface area (Å²) in [7, 11) is 4.67. The third-order valence-corrected chi connectivity index (χ3v) is 4.29. The molecule has 2 aromatic carbocycles. The van der Waals surface area contributed by atoms with E-state index in [1.165, 1.54) is 0 Å². The minimum atomic E-state index is -0.165. The molecule has 0 atom stereocenters. The minimum Gasteiger partial charge on any atom is -0.493 e. The van der Waals surface area contributed by atoms with Crippen molar-refractivity contribution in [2.75, 3.05) is 21.3 Å². The van der Waals surface area contributed by atoms with Crippen LogP contribution in [-0.4, -0.2) is 32.2 Å². The van der Waals surface area contributed by atoms with Crippen molar-refractivity contribution < 1.29 is 19.0 Å². The molecule has 1 amide bonds. The lowest BCUT2D eigenvalue weighted by molar-refractivity contribution is 0.0951. The number of carbonyl (C=O) groups excluding carboxylic acids is 1. The number of benzene rings is 2. The van der Waals surface area contributed by atoms with Gasteiger partial charge in [0.15, 0.2) is 11.5 Å². The molecule has 144 valence electrons. The molecule has 0 bridgehead atoms. The van der Waals surface area contributed by atoms with Crippen molar-refractivity contribution in [2.24, 2.45) is 0 Å². The summed E-state index contributed by atoms with van der Waals surface area (Å²) in [6.45, 7) is 0.331. The van der Waals surface area contributed by atoms with Crippen LogP contribution in [0.5, 0.6) is 17.2 Å². The molecule has 6 nitrogen and oxygen atoms in total. The molecule has 0 aliphatic heterocycles. The van der Waals surface area contributed by atoms with Crippen LogP contribution in [0, 0.1) is 0 Å². The number of pyridine rings is 1. The van der Waals surface area contributed by atoms with Gasteiger partial charge >= 0.3 is 0 Å². The second-order valence-electron chi connectivity index (χ2n) is 6.01. The molecule has 0 fully saturated rings. The SMILES string of the molecule is COc1cc(CNC(=O)c2ccc(-c3ccccn3)cc2)cc(OC)c1OC. The van der Waals surface area contributed by atoms with Crippen molar-refractivity contribution in [3.63, 3.8) is 0 Å². The number of amides is 1. The van der Waals surface area contributed by atoms with Gasteiger partial charge in [-0.1, -0.05) is 18.2 Å². The molecule has 0 aliphatic carbocycles. The number of aromatic nitrogens is 1. The van der Waals surface area contributed by atoms with Crippen molar-refractivity contribution >= 4 is 5.91 Å². The number of rotatable bonds is 7. The first kappa shape index (κ1) is 19.2. The summed E-state index contributed by atoms with van der Waals surface area (Å²) >= 11 is 0. The second-order valence-corrected chi connectivity index (χ2v) is 6.01. The van der Waals surface area contributed by atoms with E-state index in [-0.39, 0.29) is 5.91 Å². The van der Waals surface area contributed by atoms with Crippen LogP contribution < -0.4 is 19.5 Å². The van der Waals surface area contributed by atoms with E-state index in [9.17, 15) is 4.79 Å². The average Bonchev–Trinajstić information content (AvgIpc) is 2.77. The largest absolute Gasteiger partial charge is 0.493 e. The molecule has 0 saturated carbocycles. The lowest BCUT2D eigenvalue weighted by Gasteiger charge is -2.14. The maximum atomic E-state index is 12.5. The number of ether oxygens (including phenoxy) is 3. The fraction of sp³-hybridized carbons (Fsp3) is 0.182. The Hall–Kier alpha value is -3.54. The summed E-state index contributed by atoms with van der Waals surface area (Å²) in [4.78, 5) is 16.8. The predicted molar refractivity (Wildman–Crippen MR) is 107 cm³/mol. The first-order valence-electron chi connectivity index (χ1n) is 8.74. The molecule has 28 heavy (non-hydrogen) atoms. The summed E-state index contributed by atoms with van der Waals surface area (Å²) in [5.74, 6) is 1.45. The average molecular weight is 378 g/mol. The normalized spacial score (nSPS) is 10.2. The second kappa shape index (κ2) is 8.90. The highest BCUT2D eigenvalue weighted by Crippen LogP contribution is 2.38. The van der Waals surface area contributed by atoms with Gasteiger partial charge < -0.3 is 19.5 Å². The molecule has 1 N–H and O–H groups in total. The van der Waals surface area contributed by atoms with Crippen LogP contribution in [0.1, 0.15) is 15.9 Å². The molecule has 0 radical (unpaired) electrons. The zero-order chi connectivity index (χ0) is 19.9. The smallest absolute Gasteiger partial charge is 0.251 e. The van der Waals surface area contributed by atoms with Crippen LogP contribution in [0.25, 0.3) is 11.3 Å². The topological polar surface area (TPSA) is 69.7 Å². The van der Waals surface area contributed by atoms with E-state index in [4.69, 9.17) is 14.2 Å². The number of methoxy groups -OCH3 is 3. The predicted octanol–water partition coefficient (Wildman–Crippen LogP) is 3.70. The van der Waals surface area contributed by atoms with Crippen LogP contribution in [0.4, 0.5) is 0 Å². The van der Waals surface area contributed by atoms with E-state index in [0.29, 0.717) is 29.4 Å². The molecule has 0 unspecified atom stereocenters. The Balaban J connectivity index is 1.70. The number of hydrogen-bond acceptors (Lipinski definition) is 5. The Morgan fingerprint density at radius 2 is 1.61 bits per heavy atom. The first-order valence-corrected chi connectivity index (χ1v) is 8.74. The standard InChI is InChI=1S/C22H22N2O4/c1-26-19-12-15(13-20(27-2)21(19)28-3)14-24-22(25)17-9-7-16(8-10-17)18-6-4-5-11-23-18/h4-13H,14H2,1-3H3,(H,24,25). The third kappa shape index (κ3) is 4.23. The molecule has 3 rings (SSSR count). The number of nitrogens with one attached hydrogen (secondary N) is 1. The van der Waals surface area contributed by atoms with E-state index < -0.39 is 0 Å². The lowest BCUT2D eigenvalue weighted by atomic mass is 10.1. The van der Waals surface area contributed by atoms with Crippen molar-refractivity contribution in [1.82, 2.24) is 10.3 Å². The summed E-state index contributed by atoms with van der Waals surface area (Å²) in [6.07, 6.45) is 1.74. The molecule has 6 heteroatoms. The molecular weight excluding hydrogens is 356 g/mol. The molecule has 0 aliphatic rings. The molecule has 0 saturated heterocycles. The summed E-state index contributed by atoms with van der Waals surface area (Å²) in [5.41, 5.74) is 3.24. The van der Waals surface area contributed by atoms with E-state index >= 15 is 0 Å². The zero-order valence-electron chi connectivity index (χ0n) is 16.1. The van der Waals surface area contributed by atoms with Gasteiger partial charge in [0.25, 0.3) is 5.91 Å². The maximum Gasteiger partial charge on any atom is 0.251 e. The van der Waals surface area contributed by atoms with E-state index in [2.05, 4.69) is 10.3 Å². The maximum absolute atomic E-state index is 12.5. The van der Waals surface area contributed by atoms with Crippen molar-refractivity contribution in [3.05, 3.63) is 71.9 Å². The van der Waals surface area contributed by atoms with Gasteiger partial charge in [0.1, 0.15) is 0 Å². The molecule has 3 aromatic rings. The van der Waals surface area contributed by atoms with Gasteiger partial charge in [-0.15, -0.1) is 0 Å². The van der Waals surface area contributed by atoms with E-state index in [1.807, 2.05) is 42.5 Å². The van der Waals surface area contributed by atoms with Gasteiger partial charge in [-0.05, 0) is 42.0 Å². The molecule has 1 aromatic heterocycles. The molecular formula is C22H22N2O4. The zero-order valence-corrected chi connectivity index (χ0v) is 16.1. The monoisotopic (exact) mass is 378 g/mol.